The van der Waals surface area contributed by atoms with Crippen LogP contribution in [0.4, 0.5) is 15.3 Å². The monoisotopic (exact) mass is 655 g/mol. The zero-order valence-electron chi connectivity index (χ0n) is 29.1. The lowest BCUT2D eigenvalue weighted by Gasteiger charge is -2.34. The van der Waals surface area contributed by atoms with Crippen LogP contribution in [0.1, 0.15) is 64.4 Å². The molecule has 0 aliphatic carbocycles. The van der Waals surface area contributed by atoms with Crippen molar-refractivity contribution in [3.8, 4) is 11.1 Å². The van der Waals surface area contributed by atoms with Crippen LogP contribution in [0, 0.1) is 0 Å². The van der Waals surface area contributed by atoms with Gasteiger partial charge in [0.05, 0.1) is 28.8 Å². The zero-order chi connectivity index (χ0) is 35.0. The van der Waals surface area contributed by atoms with Gasteiger partial charge in [-0.15, -0.1) is 0 Å². The van der Waals surface area contributed by atoms with E-state index in [2.05, 4.69) is 45.8 Å². The Bertz CT molecular complexity index is 1820. The summed E-state index contributed by atoms with van der Waals surface area (Å²) in [5.41, 5.74) is 3.25. The van der Waals surface area contributed by atoms with E-state index in [-0.39, 0.29) is 6.54 Å². The van der Waals surface area contributed by atoms with Gasteiger partial charge >= 0.3 is 12.2 Å². The number of nitrogens with one attached hydrogen (secondary N) is 1. The van der Waals surface area contributed by atoms with E-state index in [4.69, 9.17) is 9.47 Å². The molecule has 254 valence electrons. The molecule has 2 aromatic heterocycles. The third-order valence-electron chi connectivity index (χ3n) is 8.06. The zero-order valence-corrected chi connectivity index (χ0v) is 29.1. The summed E-state index contributed by atoms with van der Waals surface area (Å²) in [4.78, 5) is 55.1. The number of aliphatic imine (C=N–C) groups is 1. The highest BCUT2D eigenvalue weighted by Gasteiger charge is 2.39. The van der Waals surface area contributed by atoms with Crippen LogP contribution in [0.5, 0.6) is 0 Å². The van der Waals surface area contributed by atoms with E-state index in [1.165, 1.54) is 4.57 Å². The first-order valence-electron chi connectivity index (χ1n) is 16.0. The number of carbonyl (C=O) groups excluding carboxylic acids is 3. The standard InChI is InChI=1S/C36H45N7O5/c1-23(41-19-17-40(9)18-20-41)12-15-29(37-8)39-27-14-13-24(25-21-43(32(44)30(25)27)34(46)48-36(5,6)7)26-22-42(33(45)47-35(2,3)4)28-11-10-16-38-31(26)28/h10-16,22,39H,8,17-21H2,1-7,9H3/b23-12+,29-15+. The number of pyridine rings is 1. The van der Waals surface area contributed by atoms with Gasteiger partial charge in [0, 0.05) is 49.8 Å². The van der Waals surface area contributed by atoms with E-state index in [0.29, 0.717) is 44.8 Å². The normalized spacial score (nSPS) is 16.3. The number of likely N-dealkylation sites (N-methyl/N-ethyl adjacent to an activating group) is 1. The van der Waals surface area contributed by atoms with Gasteiger partial charge in [-0.25, -0.2) is 19.5 Å². The number of carbonyl (C=O) groups is 3. The van der Waals surface area contributed by atoms with Crippen LogP contribution in [0.15, 0.2) is 65.3 Å². The first kappa shape index (κ1) is 34.4. The van der Waals surface area contributed by atoms with Crippen molar-refractivity contribution in [3.05, 3.63) is 71.5 Å². The van der Waals surface area contributed by atoms with Gasteiger partial charge in [0.2, 0.25) is 0 Å². The maximum atomic E-state index is 14.0. The Kier molecular flexibility index (Phi) is 9.50. The van der Waals surface area contributed by atoms with Crippen LogP contribution < -0.4 is 5.32 Å². The molecular formula is C36H45N7O5. The second kappa shape index (κ2) is 13.3. The van der Waals surface area contributed by atoms with Crippen molar-refractivity contribution >= 4 is 41.5 Å². The van der Waals surface area contributed by atoms with Crippen LogP contribution in [0.25, 0.3) is 22.2 Å². The summed E-state index contributed by atoms with van der Waals surface area (Å²) in [6.45, 7) is 20.2. The fraction of sp³-hybridized carbons (Fsp3) is 0.417. The van der Waals surface area contributed by atoms with Crippen molar-refractivity contribution in [1.82, 2.24) is 24.3 Å². The van der Waals surface area contributed by atoms with Crippen molar-refractivity contribution in [1.29, 1.82) is 0 Å². The van der Waals surface area contributed by atoms with Crippen LogP contribution in [0.3, 0.4) is 0 Å². The van der Waals surface area contributed by atoms with E-state index in [0.717, 1.165) is 36.8 Å². The maximum absolute atomic E-state index is 14.0. The Labute approximate surface area is 281 Å². The van der Waals surface area contributed by atoms with E-state index in [9.17, 15) is 14.4 Å². The van der Waals surface area contributed by atoms with Crippen LogP contribution in [-0.2, 0) is 16.0 Å². The van der Waals surface area contributed by atoms with Crippen LogP contribution in [0.2, 0.25) is 0 Å². The third kappa shape index (κ3) is 7.44. The largest absolute Gasteiger partial charge is 0.443 e. The van der Waals surface area contributed by atoms with Crippen molar-refractivity contribution < 1.29 is 23.9 Å². The number of imide groups is 1. The van der Waals surface area contributed by atoms with Gasteiger partial charge in [0.15, 0.2) is 0 Å². The van der Waals surface area contributed by atoms with Crippen molar-refractivity contribution in [2.24, 2.45) is 4.99 Å². The third-order valence-corrected chi connectivity index (χ3v) is 8.06. The Morgan fingerprint density at radius 2 is 1.62 bits per heavy atom. The number of nitrogens with zero attached hydrogens (tertiary/aromatic N) is 6. The molecule has 5 rings (SSSR count). The molecule has 2 aliphatic rings. The summed E-state index contributed by atoms with van der Waals surface area (Å²) in [5, 5.41) is 3.26. The SMILES string of the molecule is C=N/C(=C\C=C(/C)N1CCN(C)CC1)Nc1ccc(-c2cn(C(=O)OC(C)(C)C)c3cccnc23)c2c1C(=O)N(C(=O)OC(C)(C)C)C2. The number of fused-ring (bicyclic) bond motifs is 2. The van der Waals surface area contributed by atoms with Crippen LogP contribution >= 0.6 is 0 Å². The molecule has 1 fully saturated rings. The number of ether oxygens (including phenoxy) is 2. The van der Waals surface area contributed by atoms with Crippen molar-refractivity contribution in [2.75, 3.05) is 38.5 Å². The minimum absolute atomic E-state index is 0.0388. The number of amides is 2. The number of anilines is 1. The number of piperazine rings is 1. The lowest BCUT2D eigenvalue weighted by molar-refractivity contribution is 0.0247. The van der Waals surface area contributed by atoms with Crippen molar-refractivity contribution in [3.63, 3.8) is 0 Å². The number of hydrogen-bond donors (Lipinski definition) is 1. The Morgan fingerprint density at radius 3 is 2.27 bits per heavy atom. The minimum Gasteiger partial charge on any atom is -0.443 e. The van der Waals surface area contributed by atoms with E-state index < -0.39 is 29.3 Å². The topological polar surface area (TPSA) is 122 Å². The average Bonchev–Trinajstić information content (AvgIpc) is 3.57. The number of hydrogen-bond acceptors (Lipinski definition) is 10. The Morgan fingerprint density at radius 1 is 0.958 bits per heavy atom. The molecule has 0 atom stereocenters. The Balaban J connectivity index is 1.58. The lowest BCUT2D eigenvalue weighted by atomic mass is 9.96. The van der Waals surface area contributed by atoms with Gasteiger partial charge in [0.1, 0.15) is 17.0 Å². The number of aromatic nitrogens is 2. The number of rotatable bonds is 6. The van der Waals surface area contributed by atoms with Gasteiger partial charge < -0.3 is 24.6 Å². The number of allylic oxidation sites excluding steroid dienone is 3. The molecule has 48 heavy (non-hydrogen) atoms. The molecule has 0 spiro atoms. The molecule has 1 aromatic carbocycles. The van der Waals surface area contributed by atoms with Crippen LogP contribution in [-0.4, -0.2) is 93.5 Å². The van der Waals surface area contributed by atoms with E-state index in [1.54, 1.807) is 72.1 Å². The summed E-state index contributed by atoms with van der Waals surface area (Å²) in [7, 11) is 2.12. The molecule has 3 aromatic rings. The van der Waals surface area contributed by atoms with Gasteiger partial charge in [-0.05, 0) is 104 Å². The summed E-state index contributed by atoms with van der Waals surface area (Å²) in [6.07, 6.45) is 5.80. The molecule has 4 heterocycles. The molecule has 0 radical (unpaired) electrons. The molecule has 12 heteroatoms. The highest BCUT2D eigenvalue weighted by atomic mass is 16.6. The van der Waals surface area contributed by atoms with Gasteiger partial charge in [0.25, 0.3) is 5.91 Å². The fourth-order valence-corrected chi connectivity index (χ4v) is 5.70. The fourth-order valence-electron chi connectivity index (χ4n) is 5.70. The quantitative estimate of drug-likeness (QED) is 0.235. The minimum atomic E-state index is -0.808. The van der Waals surface area contributed by atoms with E-state index >= 15 is 0 Å². The molecule has 12 nitrogen and oxygen atoms in total. The molecule has 2 amide bonds. The second-order valence-electron chi connectivity index (χ2n) is 14.1. The molecule has 0 bridgehead atoms. The molecule has 1 saturated heterocycles. The smallest absolute Gasteiger partial charge is 0.419 e. The first-order chi connectivity index (χ1) is 22.6. The summed E-state index contributed by atoms with van der Waals surface area (Å²) >= 11 is 0. The number of benzene rings is 1. The summed E-state index contributed by atoms with van der Waals surface area (Å²) < 4.78 is 12.7. The van der Waals surface area contributed by atoms with E-state index in [1.807, 2.05) is 18.2 Å². The Hall–Kier alpha value is -4.97. The maximum Gasteiger partial charge on any atom is 0.419 e. The molecule has 1 N–H and O–H groups in total. The molecule has 0 saturated carbocycles. The average molecular weight is 656 g/mol. The lowest BCUT2D eigenvalue weighted by Crippen LogP contribution is -2.43. The summed E-state index contributed by atoms with van der Waals surface area (Å²) in [5.74, 6) is -0.0786. The highest BCUT2D eigenvalue weighted by molar-refractivity contribution is 6.12. The predicted molar refractivity (Wildman–Crippen MR) is 187 cm³/mol. The van der Waals surface area contributed by atoms with Gasteiger partial charge in [-0.2, -0.15) is 0 Å². The molecule has 0 unspecified atom stereocenters. The molecular weight excluding hydrogens is 610 g/mol. The summed E-state index contributed by atoms with van der Waals surface area (Å²) in [6, 6.07) is 7.14. The van der Waals surface area contributed by atoms with Gasteiger partial charge in [-0.3, -0.25) is 14.3 Å². The highest BCUT2D eigenvalue weighted by Crippen LogP contribution is 2.41. The van der Waals surface area contributed by atoms with Gasteiger partial charge in [-0.1, -0.05) is 6.07 Å². The second-order valence-corrected chi connectivity index (χ2v) is 14.1. The molecule has 2 aliphatic heterocycles. The van der Waals surface area contributed by atoms with Crippen molar-refractivity contribution in [2.45, 2.75) is 66.2 Å². The predicted octanol–water partition coefficient (Wildman–Crippen LogP) is 6.48. The first-order valence-corrected chi connectivity index (χ1v) is 16.0.